The molecular formula is C9H12N2O3. The van der Waals surface area contributed by atoms with E-state index >= 15 is 0 Å². The van der Waals surface area contributed by atoms with E-state index in [4.69, 9.17) is 9.84 Å². The molecule has 0 aliphatic heterocycles. The van der Waals surface area contributed by atoms with Crippen LogP contribution >= 0.6 is 0 Å². The number of hydrogen-bond donors (Lipinski definition) is 1. The average molecular weight is 196 g/mol. The number of aromatic hydroxyl groups is 1. The van der Waals surface area contributed by atoms with Gasteiger partial charge < -0.3 is 9.84 Å². The molecule has 0 aromatic carbocycles. The molecule has 0 aliphatic rings. The Balaban J connectivity index is 2.75. The van der Waals surface area contributed by atoms with Crippen molar-refractivity contribution in [3.05, 3.63) is 12.3 Å². The lowest BCUT2D eigenvalue weighted by Gasteiger charge is -2.15. The van der Waals surface area contributed by atoms with Crippen LogP contribution in [0.3, 0.4) is 0 Å². The van der Waals surface area contributed by atoms with Crippen LogP contribution in [0.4, 0.5) is 0 Å². The second-order valence-electron chi connectivity index (χ2n) is 3.83. The molecule has 0 radical (unpaired) electrons. The lowest BCUT2D eigenvalue weighted by Crippen LogP contribution is -2.25. The van der Waals surface area contributed by atoms with E-state index in [1.165, 1.54) is 12.3 Å². The van der Waals surface area contributed by atoms with E-state index in [9.17, 15) is 4.79 Å². The number of rotatable bonds is 1. The van der Waals surface area contributed by atoms with Gasteiger partial charge in [0.15, 0.2) is 0 Å². The van der Waals surface area contributed by atoms with Gasteiger partial charge in [-0.15, -0.1) is 0 Å². The van der Waals surface area contributed by atoms with Crippen molar-refractivity contribution in [2.24, 2.45) is 5.41 Å². The second-order valence-corrected chi connectivity index (χ2v) is 3.83. The van der Waals surface area contributed by atoms with Crippen molar-refractivity contribution in [1.29, 1.82) is 0 Å². The first-order chi connectivity index (χ1) is 6.39. The molecule has 0 saturated carbocycles. The highest BCUT2D eigenvalue weighted by atomic mass is 16.5. The Labute approximate surface area is 81.8 Å². The van der Waals surface area contributed by atoms with Gasteiger partial charge in [-0.1, -0.05) is 0 Å². The molecule has 76 valence electrons. The fourth-order valence-electron chi connectivity index (χ4n) is 0.637. The predicted octanol–water partition coefficient (Wildman–Crippen LogP) is 1.13. The standard InChI is InChI=1S/C9H12N2O3/c1-9(2,3)7(12)14-6-4-5-10-8(13)11-6/h4-5H,1-3H3,(H,10,11,13). The molecule has 0 spiro atoms. The molecule has 1 aromatic heterocycles. The summed E-state index contributed by atoms with van der Waals surface area (Å²) in [7, 11) is 0. The molecule has 1 N–H and O–H groups in total. The van der Waals surface area contributed by atoms with Crippen molar-refractivity contribution >= 4 is 5.97 Å². The molecule has 5 heteroatoms. The van der Waals surface area contributed by atoms with Crippen molar-refractivity contribution < 1.29 is 14.6 Å². The van der Waals surface area contributed by atoms with Crippen LogP contribution < -0.4 is 4.74 Å². The number of hydrogen-bond acceptors (Lipinski definition) is 5. The zero-order valence-electron chi connectivity index (χ0n) is 8.31. The summed E-state index contributed by atoms with van der Waals surface area (Å²) < 4.78 is 4.91. The number of carbonyl (C=O) groups excluding carboxylic acids is 1. The van der Waals surface area contributed by atoms with Gasteiger partial charge in [-0.3, -0.25) is 4.79 Å². The molecule has 0 aliphatic carbocycles. The molecule has 0 bridgehead atoms. The summed E-state index contributed by atoms with van der Waals surface area (Å²) >= 11 is 0. The Morgan fingerprint density at radius 2 is 2.14 bits per heavy atom. The topological polar surface area (TPSA) is 72.3 Å². The Morgan fingerprint density at radius 1 is 1.50 bits per heavy atom. The smallest absolute Gasteiger partial charge is 0.317 e. The monoisotopic (exact) mass is 196 g/mol. The van der Waals surface area contributed by atoms with E-state index < -0.39 is 17.4 Å². The fraction of sp³-hybridized carbons (Fsp3) is 0.444. The summed E-state index contributed by atoms with van der Waals surface area (Å²) in [6.07, 6.45) is 1.31. The van der Waals surface area contributed by atoms with Gasteiger partial charge in [0.2, 0.25) is 5.88 Å². The Kier molecular flexibility index (Phi) is 2.69. The summed E-state index contributed by atoms with van der Waals surface area (Å²) in [6, 6.07) is 0.993. The second kappa shape index (κ2) is 3.61. The highest BCUT2D eigenvalue weighted by molar-refractivity contribution is 5.77. The first-order valence-corrected chi connectivity index (χ1v) is 4.14. The number of ether oxygens (including phenoxy) is 1. The summed E-state index contributed by atoms with van der Waals surface area (Å²) in [5.41, 5.74) is -0.597. The molecule has 1 aromatic rings. The SMILES string of the molecule is CC(C)(C)C(=O)Oc1ccnc(O)n1. The third-order valence-electron chi connectivity index (χ3n) is 1.43. The van der Waals surface area contributed by atoms with Crippen molar-refractivity contribution in [2.75, 3.05) is 0 Å². The van der Waals surface area contributed by atoms with Crippen LogP contribution in [0.2, 0.25) is 0 Å². The summed E-state index contributed by atoms with van der Waals surface area (Å²) in [4.78, 5) is 18.4. The predicted molar refractivity (Wildman–Crippen MR) is 48.8 cm³/mol. The van der Waals surface area contributed by atoms with E-state index in [0.29, 0.717) is 0 Å². The zero-order chi connectivity index (χ0) is 10.8. The normalized spacial score (nSPS) is 11.1. The minimum absolute atomic E-state index is 0.0532. The van der Waals surface area contributed by atoms with Gasteiger partial charge in [0.25, 0.3) is 0 Å². The van der Waals surface area contributed by atoms with Crippen LogP contribution in [0.15, 0.2) is 12.3 Å². The zero-order valence-corrected chi connectivity index (χ0v) is 8.31. The van der Waals surface area contributed by atoms with E-state index in [1.54, 1.807) is 20.8 Å². The number of esters is 1. The average Bonchev–Trinajstić information content (AvgIpc) is 2.02. The Hall–Kier alpha value is -1.65. The maximum Gasteiger partial charge on any atom is 0.317 e. The molecule has 0 unspecified atom stereocenters. The Bertz CT molecular complexity index is 344. The fourth-order valence-corrected chi connectivity index (χ4v) is 0.637. The van der Waals surface area contributed by atoms with Crippen LogP contribution in [0, 0.1) is 5.41 Å². The first kappa shape index (κ1) is 10.4. The quantitative estimate of drug-likeness (QED) is 0.682. The number of nitrogens with zero attached hydrogens (tertiary/aromatic N) is 2. The van der Waals surface area contributed by atoms with Crippen molar-refractivity contribution in [2.45, 2.75) is 20.8 Å². The van der Waals surface area contributed by atoms with Crippen LogP contribution in [-0.4, -0.2) is 21.0 Å². The molecule has 5 nitrogen and oxygen atoms in total. The maximum atomic E-state index is 11.4. The molecule has 0 fully saturated rings. The minimum atomic E-state index is -0.597. The highest BCUT2D eigenvalue weighted by Gasteiger charge is 2.24. The largest absolute Gasteiger partial charge is 0.479 e. The summed E-state index contributed by atoms with van der Waals surface area (Å²) in [5.74, 6) is -0.354. The summed E-state index contributed by atoms with van der Waals surface area (Å²) in [5, 5.41) is 8.92. The van der Waals surface area contributed by atoms with Gasteiger partial charge in [-0.2, -0.15) is 4.98 Å². The van der Waals surface area contributed by atoms with Gasteiger partial charge in [0, 0.05) is 12.3 Å². The first-order valence-electron chi connectivity index (χ1n) is 4.14. The van der Waals surface area contributed by atoms with E-state index in [1.807, 2.05) is 0 Å². The summed E-state index contributed by atoms with van der Waals surface area (Å²) in [6.45, 7) is 5.20. The molecular weight excluding hydrogens is 184 g/mol. The molecule has 0 atom stereocenters. The number of aromatic nitrogens is 2. The molecule has 1 rings (SSSR count). The van der Waals surface area contributed by atoms with Gasteiger partial charge in [-0.25, -0.2) is 4.98 Å². The molecule has 14 heavy (non-hydrogen) atoms. The van der Waals surface area contributed by atoms with Gasteiger partial charge in [0.05, 0.1) is 5.41 Å². The van der Waals surface area contributed by atoms with Crippen LogP contribution in [0.5, 0.6) is 11.9 Å². The van der Waals surface area contributed by atoms with Crippen molar-refractivity contribution in [3.63, 3.8) is 0 Å². The maximum absolute atomic E-state index is 11.4. The Morgan fingerprint density at radius 3 is 2.64 bits per heavy atom. The molecule has 0 amide bonds. The van der Waals surface area contributed by atoms with Gasteiger partial charge >= 0.3 is 12.0 Å². The minimum Gasteiger partial charge on any atom is -0.479 e. The number of carbonyl (C=O) groups is 1. The molecule has 1 heterocycles. The van der Waals surface area contributed by atoms with Gasteiger partial charge in [0.1, 0.15) is 0 Å². The third kappa shape index (κ3) is 2.69. The highest BCUT2D eigenvalue weighted by Crippen LogP contribution is 2.18. The van der Waals surface area contributed by atoms with Gasteiger partial charge in [-0.05, 0) is 20.8 Å². The van der Waals surface area contributed by atoms with E-state index in [0.717, 1.165) is 0 Å². The van der Waals surface area contributed by atoms with Crippen LogP contribution in [0.1, 0.15) is 20.8 Å². The van der Waals surface area contributed by atoms with Crippen molar-refractivity contribution in [3.8, 4) is 11.9 Å². The van der Waals surface area contributed by atoms with Crippen LogP contribution in [0.25, 0.3) is 0 Å². The van der Waals surface area contributed by atoms with Crippen LogP contribution in [-0.2, 0) is 4.79 Å². The third-order valence-corrected chi connectivity index (χ3v) is 1.43. The molecule has 0 saturated heterocycles. The lowest BCUT2D eigenvalue weighted by molar-refractivity contribution is -0.143. The van der Waals surface area contributed by atoms with Crippen molar-refractivity contribution in [1.82, 2.24) is 9.97 Å². The lowest BCUT2D eigenvalue weighted by atomic mass is 9.97. The van der Waals surface area contributed by atoms with E-state index in [2.05, 4.69) is 9.97 Å². The van der Waals surface area contributed by atoms with E-state index in [-0.39, 0.29) is 5.88 Å².